The van der Waals surface area contributed by atoms with E-state index in [1.54, 1.807) is 0 Å². The number of ether oxygens (including phenoxy) is 2. The van der Waals surface area contributed by atoms with Crippen LogP contribution in [0.15, 0.2) is 0 Å². The van der Waals surface area contributed by atoms with Crippen LogP contribution in [0.2, 0.25) is 0 Å². The SMILES string of the molecule is OCCCN(CC1COC2(CCCC2)O1)C1CCC1. The molecular formula is C15H27NO3. The minimum absolute atomic E-state index is 0.229. The second-order valence-electron chi connectivity index (χ2n) is 6.33. The van der Waals surface area contributed by atoms with Crippen LogP contribution in [0.5, 0.6) is 0 Å². The van der Waals surface area contributed by atoms with Gasteiger partial charge in [-0.2, -0.15) is 0 Å². The van der Waals surface area contributed by atoms with Gasteiger partial charge in [0.1, 0.15) is 0 Å². The zero-order valence-electron chi connectivity index (χ0n) is 11.9. The number of aliphatic hydroxyl groups is 1. The highest BCUT2D eigenvalue weighted by Gasteiger charge is 2.44. The molecule has 1 N–H and O–H groups in total. The molecule has 19 heavy (non-hydrogen) atoms. The highest BCUT2D eigenvalue weighted by Crippen LogP contribution is 2.39. The molecule has 110 valence electrons. The predicted octanol–water partition coefficient (Wildman–Crippen LogP) is 1.91. The van der Waals surface area contributed by atoms with Gasteiger partial charge in [0.05, 0.1) is 12.7 Å². The number of nitrogens with zero attached hydrogens (tertiary/aromatic N) is 1. The average molecular weight is 269 g/mol. The maximum Gasteiger partial charge on any atom is 0.168 e. The summed E-state index contributed by atoms with van der Waals surface area (Å²) in [5.41, 5.74) is 0. The Balaban J connectivity index is 1.50. The molecule has 0 radical (unpaired) electrons. The van der Waals surface area contributed by atoms with Crippen molar-refractivity contribution in [3.63, 3.8) is 0 Å². The van der Waals surface area contributed by atoms with Crippen LogP contribution in [0.3, 0.4) is 0 Å². The quantitative estimate of drug-likeness (QED) is 0.800. The van der Waals surface area contributed by atoms with Crippen molar-refractivity contribution in [1.29, 1.82) is 0 Å². The minimum Gasteiger partial charge on any atom is -0.396 e. The van der Waals surface area contributed by atoms with Gasteiger partial charge in [0.25, 0.3) is 0 Å². The van der Waals surface area contributed by atoms with Crippen molar-refractivity contribution >= 4 is 0 Å². The first-order chi connectivity index (χ1) is 9.31. The van der Waals surface area contributed by atoms with E-state index in [1.807, 2.05) is 0 Å². The van der Waals surface area contributed by atoms with E-state index in [-0.39, 0.29) is 18.5 Å². The molecule has 0 bridgehead atoms. The van der Waals surface area contributed by atoms with Crippen LogP contribution in [0.1, 0.15) is 51.4 Å². The van der Waals surface area contributed by atoms with Crippen molar-refractivity contribution in [3.05, 3.63) is 0 Å². The molecule has 0 aromatic carbocycles. The molecule has 3 rings (SSSR count). The summed E-state index contributed by atoms with van der Waals surface area (Å²) >= 11 is 0. The molecule has 1 saturated heterocycles. The minimum atomic E-state index is -0.229. The van der Waals surface area contributed by atoms with Gasteiger partial charge in [-0.1, -0.05) is 6.42 Å². The molecule has 0 amide bonds. The molecule has 2 saturated carbocycles. The third-order valence-corrected chi connectivity index (χ3v) is 4.91. The number of hydrogen-bond donors (Lipinski definition) is 1. The summed E-state index contributed by atoms with van der Waals surface area (Å²) in [6.07, 6.45) is 9.70. The fraction of sp³-hybridized carbons (Fsp3) is 1.00. The number of rotatable bonds is 6. The van der Waals surface area contributed by atoms with Crippen molar-refractivity contribution in [1.82, 2.24) is 4.90 Å². The first-order valence-corrected chi connectivity index (χ1v) is 7.98. The molecule has 3 aliphatic rings. The van der Waals surface area contributed by atoms with Gasteiger partial charge in [-0.3, -0.25) is 4.90 Å². The Kier molecular flexibility index (Phi) is 4.42. The zero-order chi connectivity index (χ0) is 13.1. The van der Waals surface area contributed by atoms with Gasteiger partial charge >= 0.3 is 0 Å². The summed E-state index contributed by atoms with van der Waals surface area (Å²) in [4.78, 5) is 2.52. The molecular weight excluding hydrogens is 242 g/mol. The van der Waals surface area contributed by atoms with Crippen LogP contribution in [-0.4, -0.2) is 54.2 Å². The third-order valence-electron chi connectivity index (χ3n) is 4.91. The van der Waals surface area contributed by atoms with Crippen LogP contribution >= 0.6 is 0 Å². The molecule has 1 heterocycles. The van der Waals surface area contributed by atoms with Crippen molar-refractivity contribution in [3.8, 4) is 0 Å². The second-order valence-corrected chi connectivity index (χ2v) is 6.33. The summed E-state index contributed by atoms with van der Waals surface area (Å²) in [5, 5.41) is 9.03. The Bertz CT molecular complexity index is 287. The van der Waals surface area contributed by atoms with Crippen LogP contribution in [0.25, 0.3) is 0 Å². The van der Waals surface area contributed by atoms with Gasteiger partial charge in [-0.05, 0) is 32.1 Å². The lowest BCUT2D eigenvalue weighted by Gasteiger charge is -2.38. The van der Waals surface area contributed by atoms with Gasteiger partial charge < -0.3 is 14.6 Å². The Labute approximate surface area is 116 Å². The van der Waals surface area contributed by atoms with Gasteiger partial charge in [0.2, 0.25) is 0 Å². The monoisotopic (exact) mass is 269 g/mol. The normalized spacial score (nSPS) is 30.3. The first kappa shape index (κ1) is 13.8. The fourth-order valence-electron chi connectivity index (χ4n) is 3.59. The Morgan fingerprint density at radius 3 is 2.58 bits per heavy atom. The van der Waals surface area contributed by atoms with Crippen molar-refractivity contribution in [2.45, 2.75) is 69.3 Å². The average Bonchev–Trinajstić information content (AvgIpc) is 2.95. The lowest BCUT2D eigenvalue weighted by Crippen LogP contribution is -2.45. The maximum absolute atomic E-state index is 9.03. The highest BCUT2D eigenvalue weighted by molar-refractivity contribution is 4.87. The molecule has 4 nitrogen and oxygen atoms in total. The summed E-state index contributed by atoms with van der Waals surface area (Å²) < 4.78 is 12.2. The molecule has 0 aromatic heterocycles. The topological polar surface area (TPSA) is 41.9 Å². The van der Waals surface area contributed by atoms with E-state index < -0.39 is 0 Å². The molecule has 1 unspecified atom stereocenters. The van der Waals surface area contributed by atoms with Gasteiger partial charge in [-0.25, -0.2) is 0 Å². The largest absolute Gasteiger partial charge is 0.396 e. The summed E-state index contributed by atoms with van der Waals surface area (Å²) in [5.74, 6) is -0.229. The van der Waals surface area contributed by atoms with E-state index in [4.69, 9.17) is 14.6 Å². The smallest absolute Gasteiger partial charge is 0.168 e. The zero-order valence-corrected chi connectivity index (χ0v) is 11.9. The molecule has 4 heteroatoms. The summed E-state index contributed by atoms with van der Waals surface area (Å²) in [6.45, 7) is 3.01. The van der Waals surface area contributed by atoms with E-state index in [0.717, 1.165) is 45.0 Å². The van der Waals surface area contributed by atoms with E-state index in [0.29, 0.717) is 0 Å². The van der Waals surface area contributed by atoms with E-state index >= 15 is 0 Å². The molecule has 1 spiro atoms. The molecule has 0 aromatic rings. The highest BCUT2D eigenvalue weighted by atomic mass is 16.7. The lowest BCUT2D eigenvalue weighted by molar-refractivity contribution is -0.164. The van der Waals surface area contributed by atoms with Crippen LogP contribution in [-0.2, 0) is 9.47 Å². The third kappa shape index (κ3) is 3.13. The Hall–Kier alpha value is -0.160. The Morgan fingerprint density at radius 1 is 1.16 bits per heavy atom. The van der Waals surface area contributed by atoms with Crippen LogP contribution < -0.4 is 0 Å². The Morgan fingerprint density at radius 2 is 1.95 bits per heavy atom. The van der Waals surface area contributed by atoms with Crippen molar-refractivity contribution in [2.75, 3.05) is 26.3 Å². The standard InChI is InChI=1S/C15H27NO3/c17-10-4-9-16(13-5-3-6-13)11-14-12-18-15(19-14)7-1-2-8-15/h13-14,17H,1-12H2. The predicted molar refractivity (Wildman–Crippen MR) is 72.9 cm³/mol. The molecule has 2 aliphatic carbocycles. The van der Waals surface area contributed by atoms with Crippen molar-refractivity contribution < 1.29 is 14.6 Å². The summed E-state index contributed by atoms with van der Waals surface area (Å²) in [6, 6.07) is 0.718. The first-order valence-electron chi connectivity index (χ1n) is 7.98. The van der Waals surface area contributed by atoms with E-state index in [2.05, 4.69) is 4.90 Å². The van der Waals surface area contributed by atoms with E-state index in [9.17, 15) is 0 Å². The second kappa shape index (κ2) is 6.08. The van der Waals surface area contributed by atoms with Crippen molar-refractivity contribution in [2.24, 2.45) is 0 Å². The van der Waals surface area contributed by atoms with Gasteiger partial charge in [0.15, 0.2) is 5.79 Å². The van der Waals surface area contributed by atoms with Crippen LogP contribution in [0.4, 0.5) is 0 Å². The number of hydrogen-bond acceptors (Lipinski definition) is 4. The van der Waals surface area contributed by atoms with Gasteiger partial charge in [-0.15, -0.1) is 0 Å². The molecule has 1 atom stereocenters. The maximum atomic E-state index is 9.03. The van der Waals surface area contributed by atoms with Crippen LogP contribution in [0, 0.1) is 0 Å². The summed E-state index contributed by atoms with van der Waals surface area (Å²) in [7, 11) is 0. The molecule has 3 fully saturated rings. The van der Waals surface area contributed by atoms with Gasteiger partial charge in [0, 0.05) is 38.6 Å². The fourth-order valence-corrected chi connectivity index (χ4v) is 3.59. The molecule has 1 aliphatic heterocycles. The lowest BCUT2D eigenvalue weighted by atomic mass is 9.91. The van der Waals surface area contributed by atoms with E-state index in [1.165, 1.54) is 32.1 Å². The number of aliphatic hydroxyl groups excluding tert-OH is 1.